The second kappa shape index (κ2) is 9.00. The van der Waals surface area contributed by atoms with Crippen LogP contribution in [0.5, 0.6) is 11.5 Å². The Morgan fingerprint density at radius 1 is 1.00 bits per heavy atom. The van der Waals surface area contributed by atoms with Gasteiger partial charge in [0, 0.05) is 20.9 Å². The Hall–Kier alpha value is -1.40. The summed E-state index contributed by atoms with van der Waals surface area (Å²) < 4.78 is 28.3. The first kappa shape index (κ1) is 20.9. The van der Waals surface area contributed by atoms with E-state index in [4.69, 9.17) is 0 Å². The second-order valence-electron chi connectivity index (χ2n) is 6.54. The molecule has 0 aliphatic heterocycles. The number of halogens is 2. The predicted molar refractivity (Wildman–Crippen MR) is 106 cm³/mol. The Morgan fingerprint density at radius 2 is 1.69 bits per heavy atom. The fourth-order valence-electron chi connectivity index (χ4n) is 2.93. The number of aromatic hydroxyl groups is 2. The lowest BCUT2D eigenvalue weighted by molar-refractivity contribution is 0.437. The molecule has 142 valence electrons. The molecule has 0 saturated carbocycles. The summed E-state index contributed by atoms with van der Waals surface area (Å²) in [6.07, 6.45) is 2.44. The highest BCUT2D eigenvalue weighted by molar-refractivity contribution is 7.99. The first-order valence-electron chi connectivity index (χ1n) is 8.46. The summed E-state index contributed by atoms with van der Waals surface area (Å²) in [7, 11) is 0. The van der Waals surface area contributed by atoms with Crippen molar-refractivity contribution in [1.29, 1.82) is 0 Å². The van der Waals surface area contributed by atoms with Gasteiger partial charge in [-0.05, 0) is 54.5 Å². The molecular weight excluding hydrogens is 374 g/mol. The Labute approximate surface area is 162 Å². The summed E-state index contributed by atoms with van der Waals surface area (Å²) in [5.41, 5.74) is 0.644. The molecule has 0 radical (unpaired) electrons. The van der Waals surface area contributed by atoms with E-state index in [1.165, 1.54) is 35.7 Å². The normalized spacial score (nSPS) is 12.6. The maximum Gasteiger partial charge on any atom is 0.135 e. The highest BCUT2D eigenvalue weighted by Gasteiger charge is 2.19. The highest BCUT2D eigenvalue weighted by atomic mass is 32.2. The molecule has 0 heterocycles. The molecule has 0 spiro atoms. The van der Waals surface area contributed by atoms with Crippen LogP contribution in [-0.2, 0) is 0 Å². The van der Waals surface area contributed by atoms with Crippen LogP contribution in [0.15, 0.2) is 34.1 Å². The summed E-state index contributed by atoms with van der Waals surface area (Å²) >= 11 is 2.78. The lowest BCUT2D eigenvalue weighted by atomic mass is 9.97. The molecule has 1 atom stereocenters. The average Bonchev–Trinajstić information content (AvgIpc) is 2.54. The van der Waals surface area contributed by atoms with Crippen LogP contribution in [-0.4, -0.2) is 22.2 Å². The number of hydrogen-bond donors (Lipinski definition) is 2. The molecule has 0 amide bonds. The molecule has 0 aliphatic carbocycles. The number of thioether (sulfide) groups is 2. The molecule has 2 nitrogen and oxygen atoms in total. The predicted octanol–water partition coefficient (Wildman–Crippen LogP) is 6.51. The van der Waals surface area contributed by atoms with Gasteiger partial charge >= 0.3 is 0 Å². The van der Waals surface area contributed by atoms with E-state index < -0.39 is 11.6 Å². The molecule has 26 heavy (non-hydrogen) atoms. The topological polar surface area (TPSA) is 40.5 Å². The summed E-state index contributed by atoms with van der Waals surface area (Å²) in [4.78, 5) is 1.29. The van der Waals surface area contributed by atoms with Crippen molar-refractivity contribution < 1.29 is 19.0 Å². The Morgan fingerprint density at radius 3 is 2.27 bits per heavy atom. The summed E-state index contributed by atoms with van der Waals surface area (Å²) in [6, 6.07) is 5.95. The molecular formula is C20H24F2O2S2. The van der Waals surface area contributed by atoms with Gasteiger partial charge in [-0.25, -0.2) is 8.78 Å². The van der Waals surface area contributed by atoms with Crippen molar-refractivity contribution in [3.8, 4) is 11.5 Å². The molecule has 0 aromatic heterocycles. The van der Waals surface area contributed by atoms with Gasteiger partial charge in [-0.15, -0.1) is 23.5 Å². The molecule has 1 unspecified atom stereocenters. The second-order valence-corrected chi connectivity index (χ2v) is 8.56. The van der Waals surface area contributed by atoms with Gasteiger partial charge in [0.15, 0.2) is 0 Å². The molecule has 2 rings (SSSR count). The van der Waals surface area contributed by atoms with E-state index in [0.717, 1.165) is 0 Å². The van der Waals surface area contributed by atoms with E-state index in [1.807, 2.05) is 27.0 Å². The summed E-state index contributed by atoms with van der Waals surface area (Å²) in [5, 5.41) is 20.3. The molecule has 0 aliphatic rings. The minimum absolute atomic E-state index is 0.0000230. The van der Waals surface area contributed by atoms with Gasteiger partial charge in [0.1, 0.15) is 23.1 Å². The largest absolute Gasteiger partial charge is 0.508 e. The van der Waals surface area contributed by atoms with Gasteiger partial charge in [-0.2, -0.15) is 0 Å². The van der Waals surface area contributed by atoms with Gasteiger partial charge in [0.05, 0.1) is 0 Å². The van der Waals surface area contributed by atoms with Crippen molar-refractivity contribution >= 4 is 23.5 Å². The van der Waals surface area contributed by atoms with Crippen LogP contribution in [0.2, 0.25) is 0 Å². The molecule has 2 aromatic rings. The van der Waals surface area contributed by atoms with Crippen LogP contribution in [0.3, 0.4) is 0 Å². The maximum absolute atomic E-state index is 14.1. The standard InChI is InChI=1S/C20H24F2O2S2/c1-11(2)18-15(22)9-13(10-16(18)23)26-8-7-12(3)19-14(21)5-6-17(25-4)20(19)24/h5-6,9-12,23-24H,7-8H2,1-4H3. The molecule has 2 N–H and O–H groups in total. The third-order valence-electron chi connectivity index (χ3n) is 4.32. The van der Waals surface area contributed by atoms with Crippen LogP contribution in [0.1, 0.15) is 50.2 Å². The number of benzene rings is 2. The van der Waals surface area contributed by atoms with Gasteiger partial charge in [-0.3, -0.25) is 0 Å². The van der Waals surface area contributed by atoms with E-state index in [2.05, 4.69) is 0 Å². The van der Waals surface area contributed by atoms with E-state index >= 15 is 0 Å². The van der Waals surface area contributed by atoms with E-state index in [1.54, 1.807) is 12.1 Å². The average molecular weight is 399 g/mol. The zero-order valence-corrected chi connectivity index (χ0v) is 17.0. The summed E-state index contributed by atoms with van der Waals surface area (Å²) in [6.45, 7) is 5.52. The van der Waals surface area contributed by atoms with Crippen LogP contribution >= 0.6 is 23.5 Å². The molecule has 6 heteroatoms. The van der Waals surface area contributed by atoms with Crippen molar-refractivity contribution in [3.63, 3.8) is 0 Å². The SMILES string of the molecule is CSc1ccc(F)c(C(C)CCSc2cc(O)c(C(C)C)c(F)c2)c1O. The van der Waals surface area contributed by atoms with Gasteiger partial charge in [0.2, 0.25) is 0 Å². The first-order chi connectivity index (χ1) is 12.3. The third-order valence-corrected chi connectivity index (χ3v) is 6.10. The van der Waals surface area contributed by atoms with E-state index in [0.29, 0.717) is 33.1 Å². The van der Waals surface area contributed by atoms with Crippen molar-refractivity contribution in [2.45, 2.75) is 48.8 Å². The van der Waals surface area contributed by atoms with Crippen molar-refractivity contribution in [3.05, 3.63) is 47.0 Å². The van der Waals surface area contributed by atoms with Crippen LogP contribution in [0, 0.1) is 11.6 Å². The van der Waals surface area contributed by atoms with E-state index in [-0.39, 0.29) is 23.3 Å². The number of rotatable bonds is 7. The van der Waals surface area contributed by atoms with Crippen molar-refractivity contribution in [2.24, 2.45) is 0 Å². The van der Waals surface area contributed by atoms with Gasteiger partial charge in [0.25, 0.3) is 0 Å². The van der Waals surface area contributed by atoms with Crippen molar-refractivity contribution in [1.82, 2.24) is 0 Å². The Kier molecular flexibility index (Phi) is 7.24. The quantitative estimate of drug-likeness (QED) is 0.522. The minimum atomic E-state index is -0.414. The molecule has 0 saturated heterocycles. The maximum atomic E-state index is 14.1. The third kappa shape index (κ3) is 4.65. The minimum Gasteiger partial charge on any atom is -0.508 e. The number of phenols is 2. The van der Waals surface area contributed by atoms with Crippen LogP contribution in [0.25, 0.3) is 0 Å². The smallest absolute Gasteiger partial charge is 0.135 e. The number of phenolic OH excluding ortho intramolecular Hbond substituents is 2. The zero-order chi connectivity index (χ0) is 19.4. The fourth-order valence-corrected chi connectivity index (χ4v) is 4.53. The first-order valence-corrected chi connectivity index (χ1v) is 10.7. The van der Waals surface area contributed by atoms with Gasteiger partial charge < -0.3 is 10.2 Å². The lowest BCUT2D eigenvalue weighted by Crippen LogP contribution is -2.01. The Bertz CT molecular complexity index is 756. The Balaban J connectivity index is 2.07. The van der Waals surface area contributed by atoms with E-state index in [9.17, 15) is 19.0 Å². The monoisotopic (exact) mass is 398 g/mol. The lowest BCUT2D eigenvalue weighted by Gasteiger charge is -2.16. The molecule has 2 aromatic carbocycles. The molecule has 0 fully saturated rings. The summed E-state index contributed by atoms with van der Waals surface area (Å²) in [5.74, 6) is -0.517. The number of hydrogen-bond acceptors (Lipinski definition) is 4. The van der Waals surface area contributed by atoms with Gasteiger partial charge in [-0.1, -0.05) is 20.8 Å². The molecule has 0 bridgehead atoms. The highest BCUT2D eigenvalue weighted by Crippen LogP contribution is 2.39. The van der Waals surface area contributed by atoms with Crippen LogP contribution in [0.4, 0.5) is 8.78 Å². The fraction of sp³-hybridized carbons (Fsp3) is 0.400. The zero-order valence-electron chi connectivity index (χ0n) is 15.3. The van der Waals surface area contributed by atoms with Crippen LogP contribution < -0.4 is 0 Å². The van der Waals surface area contributed by atoms with Crippen molar-refractivity contribution in [2.75, 3.05) is 12.0 Å².